The Kier molecular flexibility index (Phi) is 6.71. The maximum absolute atomic E-state index is 12.6. The highest BCUT2D eigenvalue weighted by Crippen LogP contribution is 2.37. The number of ether oxygens (including phenoxy) is 1. The van der Waals surface area contributed by atoms with Gasteiger partial charge in [-0.3, -0.25) is 4.79 Å². The molecule has 1 aromatic heterocycles. The number of carbonyl (C=O) groups excluding carboxylic acids is 2. The largest absolute Gasteiger partial charge is 0.452 e. The Morgan fingerprint density at radius 3 is 2.50 bits per heavy atom. The van der Waals surface area contributed by atoms with E-state index in [1.807, 2.05) is 18.4 Å². The first-order valence-electron chi connectivity index (χ1n) is 10.3. The van der Waals surface area contributed by atoms with Crippen molar-refractivity contribution in [2.75, 3.05) is 11.9 Å². The first kappa shape index (κ1) is 23.5. The number of aromatic nitrogens is 1. The maximum atomic E-state index is 12.6. The lowest BCUT2D eigenvalue weighted by atomic mass is 10.1. The van der Waals surface area contributed by atoms with Crippen LogP contribution in [0.2, 0.25) is 0 Å². The van der Waals surface area contributed by atoms with E-state index in [4.69, 9.17) is 9.88 Å². The first-order chi connectivity index (χ1) is 15.0. The van der Waals surface area contributed by atoms with Gasteiger partial charge in [-0.15, -0.1) is 0 Å². The van der Waals surface area contributed by atoms with Gasteiger partial charge in [0.25, 0.3) is 5.91 Å². The van der Waals surface area contributed by atoms with Crippen LogP contribution in [0, 0.1) is 32.1 Å². The summed E-state index contributed by atoms with van der Waals surface area (Å²) >= 11 is 0. The molecule has 0 unspecified atom stereocenters. The van der Waals surface area contributed by atoms with E-state index in [-0.39, 0.29) is 16.5 Å². The number of aryl methyl sites for hydroxylation is 1. The van der Waals surface area contributed by atoms with Crippen molar-refractivity contribution in [1.82, 2.24) is 4.57 Å². The Labute approximate surface area is 187 Å². The van der Waals surface area contributed by atoms with Crippen molar-refractivity contribution in [3.8, 4) is 6.07 Å². The zero-order chi connectivity index (χ0) is 23.6. The number of nitriles is 1. The van der Waals surface area contributed by atoms with Crippen molar-refractivity contribution in [2.45, 2.75) is 57.4 Å². The number of benzene rings is 1. The predicted octanol–water partition coefficient (Wildman–Crippen LogP) is 2.84. The van der Waals surface area contributed by atoms with E-state index >= 15 is 0 Å². The van der Waals surface area contributed by atoms with Crippen molar-refractivity contribution in [1.29, 1.82) is 5.26 Å². The summed E-state index contributed by atoms with van der Waals surface area (Å²) in [6, 6.07) is 6.22. The zero-order valence-corrected chi connectivity index (χ0v) is 19.1. The molecule has 0 aliphatic heterocycles. The fourth-order valence-electron chi connectivity index (χ4n) is 4.08. The third-order valence-electron chi connectivity index (χ3n) is 5.91. The number of hydrogen-bond acceptors (Lipinski definition) is 6. The molecule has 0 bridgehead atoms. The molecule has 0 saturated heterocycles. The van der Waals surface area contributed by atoms with E-state index in [1.165, 1.54) is 12.1 Å². The Balaban J connectivity index is 1.77. The predicted molar refractivity (Wildman–Crippen MR) is 118 cm³/mol. The maximum Gasteiger partial charge on any atom is 0.338 e. The molecule has 2 aromatic rings. The van der Waals surface area contributed by atoms with Crippen molar-refractivity contribution in [3.63, 3.8) is 0 Å². The highest BCUT2D eigenvalue weighted by atomic mass is 32.2. The number of primary sulfonamides is 1. The lowest BCUT2D eigenvalue weighted by Gasteiger charge is -2.19. The second-order valence-electron chi connectivity index (χ2n) is 8.00. The van der Waals surface area contributed by atoms with Gasteiger partial charge < -0.3 is 14.6 Å². The molecule has 9 nitrogen and oxygen atoms in total. The van der Waals surface area contributed by atoms with Gasteiger partial charge >= 0.3 is 5.97 Å². The third-order valence-corrected chi connectivity index (χ3v) is 6.82. The summed E-state index contributed by atoms with van der Waals surface area (Å²) in [5, 5.41) is 17.5. The van der Waals surface area contributed by atoms with Crippen LogP contribution in [-0.2, 0) is 19.6 Å². The Bertz CT molecular complexity index is 1220. The molecule has 0 spiro atoms. The van der Waals surface area contributed by atoms with Gasteiger partial charge in [0.2, 0.25) is 10.0 Å². The first-order valence-corrected chi connectivity index (χ1v) is 11.8. The van der Waals surface area contributed by atoms with Gasteiger partial charge in [0, 0.05) is 11.7 Å². The number of hydrogen-bond donors (Lipinski definition) is 2. The molecule has 1 amide bonds. The van der Waals surface area contributed by atoms with Crippen LogP contribution in [-0.4, -0.2) is 31.5 Å². The SMILES string of the molecule is Cc1ccc(S(N)(=O)=O)cc1C(=O)OCC(=O)Nc1c(C#N)c(C)c(C)n1C1CCCC1. The molecule has 0 atom stereocenters. The normalized spacial score (nSPS) is 14.2. The molecular formula is C22H26N4O5S. The third kappa shape index (κ3) is 4.69. The smallest absolute Gasteiger partial charge is 0.338 e. The number of anilines is 1. The van der Waals surface area contributed by atoms with E-state index in [0.29, 0.717) is 16.9 Å². The topological polar surface area (TPSA) is 144 Å². The molecule has 10 heteroatoms. The quantitative estimate of drug-likeness (QED) is 0.637. The van der Waals surface area contributed by atoms with Crippen LogP contribution >= 0.6 is 0 Å². The van der Waals surface area contributed by atoms with Crippen LogP contribution in [0.4, 0.5) is 5.82 Å². The van der Waals surface area contributed by atoms with Crippen LogP contribution < -0.4 is 10.5 Å². The molecular weight excluding hydrogens is 432 g/mol. The molecule has 0 radical (unpaired) electrons. The Morgan fingerprint density at radius 1 is 1.25 bits per heavy atom. The molecule has 170 valence electrons. The summed E-state index contributed by atoms with van der Waals surface area (Å²) in [4.78, 5) is 24.8. The number of esters is 1. The van der Waals surface area contributed by atoms with Crippen molar-refractivity contribution in [3.05, 3.63) is 46.1 Å². The fraction of sp³-hybridized carbons (Fsp3) is 0.409. The molecule has 1 aliphatic carbocycles. The molecule has 1 fully saturated rings. The van der Waals surface area contributed by atoms with E-state index in [1.54, 1.807) is 6.92 Å². The van der Waals surface area contributed by atoms with Gasteiger partial charge in [-0.2, -0.15) is 5.26 Å². The molecule has 3 N–H and O–H groups in total. The Hall–Kier alpha value is -3.16. The van der Waals surface area contributed by atoms with E-state index in [9.17, 15) is 23.3 Å². The van der Waals surface area contributed by atoms with Crippen LogP contribution in [0.1, 0.15) is 64.5 Å². The molecule has 1 heterocycles. The number of nitrogens with zero attached hydrogens (tertiary/aromatic N) is 2. The number of rotatable bonds is 6. The summed E-state index contributed by atoms with van der Waals surface area (Å²) in [6.07, 6.45) is 4.12. The summed E-state index contributed by atoms with van der Waals surface area (Å²) in [5.41, 5.74) is 2.61. The van der Waals surface area contributed by atoms with Gasteiger partial charge in [-0.25, -0.2) is 18.4 Å². The lowest BCUT2D eigenvalue weighted by Crippen LogP contribution is -2.24. The molecule has 1 aliphatic rings. The van der Waals surface area contributed by atoms with Crippen LogP contribution in [0.25, 0.3) is 0 Å². The second-order valence-corrected chi connectivity index (χ2v) is 9.56. The van der Waals surface area contributed by atoms with Crippen LogP contribution in [0.3, 0.4) is 0 Å². The lowest BCUT2D eigenvalue weighted by molar-refractivity contribution is -0.119. The number of nitrogens with one attached hydrogen (secondary N) is 1. The van der Waals surface area contributed by atoms with Crippen LogP contribution in [0.15, 0.2) is 23.1 Å². The van der Waals surface area contributed by atoms with Gasteiger partial charge in [0.05, 0.1) is 16.0 Å². The second kappa shape index (κ2) is 9.14. The van der Waals surface area contributed by atoms with Crippen molar-refractivity contribution >= 4 is 27.7 Å². The highest BCUT2D eigenvalue weighted by Gasteiger charge is 2.27. The minimum atomic E-state index is -3.99. The summed E-state index contributed by atoms with van der Waals surface area (Å²) in [5.74, 6) is -1.02. The van der Waals surface area contributed by atoms with E-state index < -0.39 is 28.5 Å². The van der Waals surface area contributed by atoms with Crippen molar-refractivity contribution in [2.24, 2.45) is 5.14 Å². The van der Waals surface area contributed by atoms with E-state index in [0.717, 1.165) is 43.0 Å². The zero-order valence-electron chi connectivity index (χ0n) is 18.3. The van der Waals surface area contributed by atoms with Crippen molar-refractivity contribution < 1.29 is 22.7 Å². The minimum absolute atomic E-state index is 0.00283. The summed E-state index contributed by atoms with van der Waals surface area (Å²) < 4.78 is 30.2. The average molecular weight is 459 g/mol. The number of carbonyl (C=O) groups is 2. The fourth-order valence-corrected chi connectivity index (χ4v) is 4.62. The minimum Gasteiger partial charge on any atom is -0.452 e. The average Bonchev–Trinajstić information content (AvgIpc) is 3.33. The van der Waals surface area contributed by atoms with Gasteiger partial charge in [-0.1, -0.05) is 18.9 Å². The molecule has 32 heavy (non-hydrogen) atoms. The number of amides is 1. The monoisotopic (exact) mass is 458 g/mol. The molecule has 3 rings (SSSR count). The number of sulfonamides is 1. The van der Waals surface area contributed by atoms with Gasteiger partial charge in [-0.05, 0) is 56.9 Å². The molecule has 1 aromatic carbocycles. The van der Waals surface area contributed by atoms with E-state index in [2.05, 4.69) is 11.4 Å². The molecule has 1 saturated carbocycles. The van der Waals surface area contributed by atoms with Gasteiger partial charge in [0.1, 0.15) is 11.9 Å². The standard InChI is InChI=1S/C22H26N4O5S/c1-13-8-9-17(32(24,29)30)10-18(13)22(28)31-12-20(27)25-21-19(11-23)14(2)15(3)26(21)16-6-4-5-7-16/h8-10,16H,4-7,12H2,1-3H3,(H,25,27)(H2,24,29,30). The Morgan fingerprint density at radius 2 is 1.91 bits per heavy atom. The highest BCUT2D eigenvalue weighted by molar-refractivity contribution is 7.89. The van der Waals surface area contributed by atoms with Crippen LogP contribution in [0.5, 0.6) is 0 Å². The number of nitrogens with two attached hydrogens (primary N) is 1. The van der Waals surface area contributed by atoms with Gasteiger partial charge in [0.15, 0.2) is 6.61 Å². The summed E-state index contributed by atoms with van der Waals surface area (Å²) in [7, 11) is -3.99. The summed E-state index contributed by atoms with van der Waals surface area (Å²) in [6.45, 7) is 4.79.